The smallest absolute Gasteiger partial charge is 0.123 e. The van der Waals surface area contributed by atoms with Gasteiger partial charge >= 0.3 is 0 Å². The highest BCUT2D eigenvalue weighted by molar-refractivity contribution is 5.56. The van der Waals surface area contributed by atoms with Gasteiger partial charge in [0.2, 0.25) is 0 Å². The third kappa shape index (κ3) is 3.97. The average molecular weight is 417 g/mol. The number of aryl methyl sites for hydroxylation is 1. The van der Waals surface area contributed by atoms with Gasteiger partial charge in [-0.2, -0.15) is 0 Å². The summed E-state index contributed by atoms with van der Waals surface area (Å²) in [5, 5.41) is 10.1. The Hall–Kier alpha value is -3.07. The average Bonchev–Trinajstić information content (AvgIpc) is 2.91. The highest BCUT2D eigenvalue weighted by Gasteiger charge is 2.32. The first-order valence-corrected chi connectivity index (χ1v) is 11.0. The normalized spacial score (nSPS) is 23.7. The van der Waals surface area contributed by atoms with Crippen molar-refractivity contribution in [3.63, 3.8) is 0 Å². The summed E-state index contributed by atoms with van der Waals surface area (Å²) in [4.78, 5) is 13.4. The van der Waals surface area contributed by atoms with Gasteiger partial charge in [0.15, 0.2) is 0 Å². The molecule has 1 heterocycles. The first kappa shape index (κ1) is 14.9. The first-order valence-electron chi connectivity index (χ1n) is 13.5. The molecular formula is C28H29NO2. The third-order valence-corrected chi connectivity index (χ3v) is 6.83. The maximum absolute atomic E-state index is 11.1. The van der Waals surface area contributed by atoms with Crippen LogP contribution >= 0.6 is 0 Å². The second kappa shape index (κ2) is 8.58. The van der Waals surface area contributed by atoms with Gasteiger partial charge in [-0.15, -0.1) is 0 Å². The second-order valence-corrected chi connectivity index (χ2v) is 8.60. The summed E-state index contributed by atoms with van der Waals surface area (Å²) in [5.74, 6) is -0.186. The van der Waals surface area contributed by atoms with E-state index in [2.05, 4.69) is 29.2 Å². The maximum atomic E-state index is 11.1. The van der Waals surface area contributed by atoms with Crippen LogP contribution in [-0.2, 0) is 11.2 Å². The van der Waals surface area contributed by atoms with Crippen LogP contribution in [0.1, 0.15) is 60.2 Å². The third-order valence-electron chi connectivity index (χ3n) is 6.83. The lowest BCUT2D eigenvalue weighted by molar-refractivity contribution is -0.111. The van der Waals surface area contributed by atoms with Gasteiger partial charge in [0.1, 0.15) is 12.0 Å². The van der Waals surface area contributed by atoms with E-state index in [-0.39, 0.29) is 53.7 Å². The zero-order chi connectivity index (χ0) is 25.6. The summed E-state index contributed by atoms with van der Waals surface area (Å²) in [6.07, 6.45) is 4.01. The highest BCUT2D eigenvalue weighted by atomic mass is 16.3. The number of aromatic hydroxyl groups is 1. The highest BCUT2D eigenvalue weighted by Crippen LogP contribution is 2.47. The fourth-order valence-corrected chi connectivity index (χ4v) is 5.16. The van der Waals surface area contributed by atoms with Crippen LogP contribution < -0.4 is 4.90 Å². The van der Waals surface area contributed by atoms with Crippen LogP contribution in [0.25, 0.3) is 0 Å². The Kier molecular flexibility index (Phi) is 4.11. The summed E-state index contributed by atoms with van der Waals surface area (Å²) in [7, 11) is 0. The first-order chi connectivity index (χ1) is 17.3. The van der Waals surface area contributed by atoms with Gasteiger partial charge in [0.25, 0.3) is 0 Å². The Labute approximate surface area is 191 Å². The zero-order valence-corrected chi connectivity index (χ0v) is 17.4. The summed E-state index contributed by atoms with van der Waals surface area (Å²) in [6.45, 7) is 1.67. The Balaban J connectivity index is 1.57. The van der Waals surface area contributed by atoms with E-state index in [0.717, 1.165) is 54.6 Å². The standard InChI is InChI=1S/C28H29NO2/c30-19-20-14-16-29(17-15-20)24-9-6-22(7-10-24)28-26(21-4-2-1-3-5-21)12-8-23-18-25(31)11-13-27(23)28/h1-7,9-11,13,18-20,26,28,31H,8,12,14-17H2/t26-,28+/m0/s1/i1D,2D,3D,4D,5D. The lowest BCUT2D eigenvalue weighted by Crippen LogP contribution is -2.34. The molecule has 3 aromatic carbocycles. The number of carbonyl (C=O) groups excluding carboxylic acids is 1. The van der Waals surface area contributed by atoms with Crippen LogP contribution in [0.3, 0.4) is 0 Å². The van der Waals surface area contributed by atoms with Gasteiger partial charge in [0, 0.05) is 30.6 Å². The van der Waals surface area contributed by atoms with Crippen molar-refractivity contribution in [2.75, 3.05) is 18.0 Å². The fraction of sp³-hybridized carbons (Fsp3) is 0.321. The Morgan fingerprint density at radius 3 is 2.39 bits per heavy atom. The van der Waals surface area contributed by atoms with E-state index in [0.29, 0.717) is 18.4 Å². The van der Waals surface area contributed by atoms with E-state index in [1.807, 2.05) is 6.07 Å². The van der Waals surface area contributed by atoms with E-state index in [4.69, 9.17) is 6.85 Å². The van der Waals surface area contributed by atoms with Crippen molar-refractivity contribution in [1.29, 1.82) is 0 Å². The Morgan fingerprint density at radius 1 is 0.935 bits per heavy atom. The molecule has 0 spiro atoms. The number of rotatable bonds is 4. The Morgan fingerprint density at radius 2 is 1.68 bits per heavy atom. The molecular weight excluding hydrogens is 382 g/mol. The topological polar surface area (TPSA) is 40.5 Å². The molecule has 1 aliphatic carbocycles. The molecule has 3 aromatic rings. The molecule has 3 nitrogen and oxygen atoms in total. The molecule has 0 radical (unpaired) electrons. The van der Waals surface area contributed by atoms with Crippen LogP contribution in [0, 0.1) is 5.92 Å². The van der Waals surface area contributed by atoms with E-state index in [9.17, 15) is 9.90 Å². The molecule has 1 N–H and O–H groups in total. The lowest BCUT2D eigenvalue weighted by Gasteiger charge is -2.35. The van der Waals surface area contributed by atoms with E-state index in [1.54, 1.807) is 12.1 Å². The molecule has 2 aliphatic rings. The summed E-state index contributed by atoms with van der Waals surface area (Å²) in [5.41, 5.74) is 4.47. The molecule has 0 amide bonds. The van der Waals surface area contributed by atoms with Crippen LogP contribution in [0.15, 0.2) is 72.7 Å². The van der Waals surface area contributed by atoms with Gasteiger partial charge in [-0.05, 0) is 78.1 Å². The number of aldehydes is 1. The number of nitrogens with zero attached hydrogens (tertiary/aromatic N) is 1. The van der Waals surface area contributed by atoms with Crippen LogP contribution in [0.2, 0.25) is 0 Å². The van der Waals surface area contributed by atoms with Crippen molar-refractivity contribution >= 4 is 12.0 Å². The molecule has 158 valence electrons. The zero-order valence-electron chi connectivity index (χ0n) is 22.4. The van der Waals surface area contributed by atoms with Gasteiger partial charge in [-0.3, -0.25) is 0 Å². The molecule has 1 saturated heterocycles. The van der Waals surface area contributed by atoms with E-state index >= 15 is 0 Å². The SMILES string of the molecule is [2H]c1c([2H])c([2H])c([C@@H]2CCc3cc(O)ccc3[C@@H]2c2ccc(N3CCC(C=O)CC3)cc2)c([2H])c1[2H]. The van der Waals surface area contributed by atoms with Crippen molar-refractivity contribution in [1.82, 2.24) is 0 Å². The number of anilines is 1. The second-order valence-electron chi connectivity index (χ2n) is 8.60. The Bertz CT molecular complexity index is 1270. The molecule has 31 heavy (non-hydrogen) atoms. The predicted octanol–water partition coefficient (Wildman–Crippen LogP) is 5.67. The van der Waals surface area contributed by atoms with Crippen molar-refractivity contribution < 1.29 is 16.8 Å². The molecule has 3 heteroatoms. The largest absolute Gasteiger partial charge is 0.508 e. The van der Waals surface area contributed by atoms with E-state index < -0.39 is 0 Å². The monoisotopic (exact) mass is 416 g/mol. The molecule has 1 fully saturated rings. The molecule has 2 atom stereocenters. The van der Waals surface area contributed by atoms with Crippen molar-refractivity contribution in [2.45, 2.75) is 37.5 Å². The number of benzene rings is 3. The molecule has 0 unspecified atom stereocenters. The molecule has 1 aliphatic heterocycles. The number of phenolic OH excluding ortho intramolecular Hbond substituents is 1. The summed E-state index contributed by atoms with van der Waals surface area (Å²) >= 11 is 0. The van der Waals surface area contributed by atoms with Crippen molar-refractivity contribution in [3.05, 3.63) is 94.9 Å². The minimum absolute atomic E-state index is 0.133. The van der Waals surface area contributed by atoms with Crippen LogP contribution in [0.4, 0.5) is 5.69 Å². The number of piperidine rings is 1. The number of hydrogen-bond acceptors (Lipinski definition) is 3. The lowest BCUT2D eigenvalue weighted by atomic mass is 9.69. The minimum atomic E-state index is -0.380. The summed E-state index contributed by atoms with van der Waals surface area (Å²) in [6, 6.07) is 12.3. The molecule has 0 saturated carbocycles. The number of phenols is 1. The number of hydrogen-bond donors (Lipinski definition) is 1. The van der Waals surface area contributed by atoms with Crippen LogP contribution in [0.5, 0.6) is 5.75 Å². The number of fused-ring (bicyclic) bond motifs is 1. The van der Waals surface area contributed by atoms with Gasteiger partial charge in [-0.1, -0.05) is 48.4 Å². The maximum Gasteiger partial charge on any atom is 0.123 e. The number of carbonyl (C=O) groups is 1. The molecule has 5 rings (SSSR count). The van der Waals surface area contributed by atoms with Gasteiger partial charge < -0.3 is 14.8 Å². The fourth-order valence-electron chi connectivity index (χ4n) is 5.16. The molecule has 0 aromatic heterocycles. The van der Waals surface area contributed by atoms with Gasteiger partial charge in [0.05, 0.1) is 6.85 Å². The van der Waals surface area contributed by atoms with Crippen molar-refractivity contribution in [2.24, 2.45) is 5.92 Å². The van der Waals surface area contributed by atoms with E-state index in [1.165, 1.54) is 0 Å². The predicted molar refractivity (Wildman–Crippen MR) is 125 cm³/mol. The molecule has 0 bridgehead atoms. The van der Waals surface area contributed by atoms with Crippen LogP contribution in [-0.4, -0.2) is 24.5 Å². The minimum Gasteiger partial charge on any atom is -0.508 e. The summed E-state index contributed by atoms with van der Waals surface area (Å²) < 4.78 is 41.6. The van der Waals surface area contributed by atoms with Gasteiger partial charge in [-0.25, -0.2) is 0 Å². The quantitative estimate of drug-likeness (QED) is 0.557. The van der Waals surface area contributed by atoms with Crippen molar-refractivity contribution in [3.8, 4) is 5.75 Å².